The van der Waals surface area contributed by atoms with Gasteiger partial charge in [-0.2, -0.15) is 0 Å². The first-order valence-corrected chi connectivity index (χ1v) is 7.40. The van der Waals surface area contributed by atoms with Crippen LogP contribution in [0.25, 0.3) is 0 Å². The summed E-state index contributed by atoms with van der Waals surface area (Å²) in [4.78, 5) is 11.8. The first-order valence-electron chi connectivity index (χ1n) is 7.40. The highest BCUT2D eigenvalue weighted by atomic mass is 16.1. The molecular formula is C18H22N2O. The topological polar surface area (TPSA) is 55.1 Å². The highest BCUT2D eigenvalue weighted by molar-refractivity contribution is 5.76. The van der Waals surface area contributed by atoms with Crippen LogP contribution in [0, 0.1) is 0 Å². The maximum Gasteiger partial charge on any atom is 0.220 e. The molecule has 2 aromatic carbocycles. The van der Waals surface area contributed by atoms with Crippen LogP contribution in [0.2, 0.25) is 0 Å². The molecule has 0 aliphatic rings. The van der Waals surface area contributed by atoms with Crippen molar-refractivity contribution in [1.29, 1.82) is 0 Å². The van der Waals surface area contributed by atoms with Crippen molar-refractivity contribution in [3.05, 3.63) is 65.7 Å². The number of rotatable bonds is 7. The lowest BCUT2D eigenvalue weighted by Crippen LogP contribution is -2.25. The van der Waals surface area contributed by atoms with Crippen LogP contribution in [0.4, 0.5) is 5.69 Å². The minimum absolute atomic E-state index is 0.0892. The van der Waals surface area contributed by atoms with Gasteiger partial charge in [-0.25, -0.2) is 0 Å². The molecule has 0 atom stereocenters. The number of carbonyl (C=O) groups excluding carboxylic acids is 1. The Morgan fingerprint density at radius 2 is 1.67 bits per heavy atom. The van der Waals surface area contributed by atoms with E-state index in [0.717, 1.165) is 30.6 Å². The second-order valence-corrected chi connectivity index (χ2v) is 5.14. The molecule has 0 bridgehead atoms. The second kappa shape index (κ2) is 8.10. The summed E-state index contributed by atoms with van der Waals surface area (Å²) < 4.78 is 0. The van der Waals surface area contributed by atoms with Crippen LogP contribution in [0.1, 0.15) is 24.0 Å². The molecule has 0 aromatic heterocycles. The maximum atomic E-state index is 11.8. The van der Waals surface area contributed by atoms with Crippen LogP contribution < -0.4 is 11.1 Å². The molecule has 1 amide bonds. The lowest BCUT2D eigenvalue weighted by atomic mass is 10.1. The van der Waals surface area contributed by atoms with Crippen LogP contribution >= 0.6 is 0 Å². The van der Waals surface area contributed by atoms with E-state index in [1.807, 2.05) is 42.5 Å². The third-order valence-corrected chi connectivity index (χ3v) is 3.48. The van der Waals surface area contributed by atoms with Crippen LogP contribution in [-0.2, 0) is 17.6 Å². The molecule has 110 valence electrons. The number of para-hydroxylation sites is 1. The van der Waals surface area contributed by atoms with Crippen molar-refractivity contribution in [3.63, 3.8) is 0 Å². The highest BCUT2D eigenvalue weighted by Gasteiger charge is 2.03. The summed E-state index contributed by atoms with van der Waals surface area (Å²) in [5.74, 6) is 0.0892. The minimum Gasteiger partial charge on any atom is -0.399 e. The lowest BCUT2D eigenvalue weighted by molar-refractivity contribution is -0.121. The average molecular weight is 282 g/mol. The Hall–Kier alpha value is -2.29. The van der Waals surface area contributed by atoms with Crippen molar-refractivity contribution < 1.29 is 4.79 Å². The zero-order valence-corrected chi connectivity index (χ0v) is 12.2. The van der Waals surface area contributed by atoms with E-state index in [1.165, 1.54) is 5.56 Å². The van der Waals surface area contributed by atoms with Gasteiger partial charge in [0.25, 0.3) is 0 Å². The zero-order valence-electron chi connectivity index (χ0n) is 12.2. The molecular weight excluding hydrogens is 260 g/mol. The van der Waals surface area contributed by atoms with Gasteiger partial charge in [0.05, 0.1) is 0 Å². The van der Waals surface area contributed by atoms with Crippen molar-refractivity contribution in [2.45, 2.75) is 25.7 Å². The Bertz CT molecular complexity index is 566. The first kappa shape index (κ1) is 15.1. The van der Waals surface area contributed by atoms with Gasteiger partial charge in [0, 0.05) is 18.7 Å². The number of aryl methyl sites for hydroxylation is 2. The molecule has 0 radical (unpaired) electrons. The molecule has 3 nitrogen and oxygen atoms in total. The Balaban J connectivity index is 1.63. The average Bonchev–Trinajstić information content (AvgIpc) is 2.52. The van der Waals surface area contributed by atoms with Crippen molar-refractivity contribution in [2.24, 2.45) is 0 Å². The van der Waals surface area contributed by atoms with Crippen molar-refractivity contribution in [1.82, 2.24) is 5.32 Å². The molecule has 2 aromatic rings. The number of hydrogen-bond donors (Lipinski definition) is 2. The van der Waals surface area contributed by atoms with Crippen molar-refractivity contribution in [2.75, 3.05) is 12.3 Å². The summed E-state index contributed by atoms with van der Waals surface area (Å²) in [5.41, 5.74) is 8.97. The van der Waals surface area contributed by atoms with E-state index >= 15 is 0 Å². The number of anilines is 1. The molecule has 0 unspecified atom stereocenters. The molecule has 3 N–H and O–H groups in total. The van der Waals surface area contributed by atoms with Gasteiger partial charge in [0.15, 0.2) is 0 Å². The van der Waals surface area contributed by atoms with E-state index in [-0.39, 0.29) is 5.91 Å². The molecule has 0 heterocycles. The van der Waals surface area contributed by atoms with E-state index < -0.39 is 0 Å². The van der Waals surface area contributed by atoms with Gasteiger partial charge in [-0.15, -0.1) is 0 Å². The summed E-state index contributed by atoms with van der Waals surface area (Å²) in [6.45, 7) is 0.720. The van der Waals surface area contributed by atoms with Crippen molar-refractivity contribution in [3.8, 4) is 0 Å². The maximum absolute atomic E-state index is 11.8. The van der Waals surface area contributed by atoms with Gasteiger partial charge in [-0.05, 0) is 36.5 Å². The lowest BCUT2D eigenvalue weighted by Gasteiger charge is -2.07. The quantitative estimate of drug-likeness (QED) is 0.606. The van der Waals surface area contributed by atoms with Gasteiger partial charge in [-0.1, -0.05) is 48.5 Å². The smallest absolute Gasteiger partial charge is 0.220 e. The van der Waals surface area contributed by atoms with Crippen LogP contribution in [-0.4, -0.2) is 12.5 Å². The summed E-state index contributed by atoms with van der Waals surface area (Å²) >= 11 is 0. The summed E-state index contributed by atoms with van der Waals surface area (Å²) in [5, 5.41) is 2.96. The number of carbonyl (C=O) groups is 1. The fourth-order valence-corrected chi connectivity index (χ4v) is 2.26. The fourth-order valence-electron chi connectivity index (χ4n) is 2.26. The van der Waals surface area contributed by atoms with E-state index in [2.05, 4.69) is 17.4 Å². The largest absolute Gasteiger partial charge is 0.399 e. The number of benzene rings is 2. The SMILES string of the molecule is Nc1ccccc1CCC(=O)NCCCc1ccccc1. The van der Waals surface area contributed by atoms with Gasteiger partial charge in [0.2, 0.25) is 5.91 Å². The van der Waals surface area contributed by atoms with E-state index in [0.29, 0.717) is 12.8 Å². The van der Waals surface area contributed by atoms with Gasteiger partial charge >= 0.3 is 0 Å². The van der Waals surface area contributed by atoms with E-state index in [4.69, 9.17) is 5.73 Å². The number of hydrogen-bond acceptors (Lipinski definition) is 2. The normalized spacial score (nSPS) is 10.3. The van der Waals surface area contributed by atoms with Crippen molar-refractivity contribution >= 4 is 11.6 Å². The monoisotopic (exact) mass is 282 g/mol. The minimum atomic E-state index is 0.0892. The summed E-state index contributed by atoms with van der Waals surface area (Å²) in [6.07, 6.45) is 3.13. The van der Waals surface area contributed by atoms with Crippen LogP contribution in [0.5, 0.6) is 0 Å². The molecule has 0 aliphatic carbocycles. The van der Waals surface area contributed by atoms with Gasteiger partial charge in [-0.3, -0.25) is 4.79 Å². The Morgan fingerprint density at radius 1 is 0.952 bits per heavy atom. The molecule has 0 spiro atoms. The van der Waals surface area contributed by atoms with Gasteiger partial charge in [0.1, 0.15) is 0 Å². The third-order valence-electron chi connectivity index (χ3n) is 3.48. The zero-order chi connectivity index (χ0) is 14.9. The molecule has 0 saturated heterocycles. The predicted octanol–water partition coefficient (Wildman–Crippen LogP) is 2.95. The summed E-state index contributed by atoms with van der Waals surface area (Å²) in [7, 11) is 0. The number of nitrogens with two attached hydrogens (primary N) is 1. The van der Waals surface area contributed by atoms with Gasteiger partial charge < -0.3 is 11.1 Å². The molecule has 3 heteroatoms. The first-order chi connectivity index (χ1) is 10.3. The fraction of sp³-hybridized carbons (Fsp3) is 0.278. The number of nitrogen functional groups attached to an aromatic ring is 1. The molecule has 21 heavy (non-hydrogen) atoms. The third kappa shape index (κ3) is 5.30. The molecule has 0 fully saturated rings. The van der Waals surface area contributed by atoms with E-state index in [1.54, 1.807) is 0 Å². The Morgan fingerprint density at radius 3 is 2.43 bits per heavy atom. The summed E-state index contributed by atoms with van der Waals surface area (Å²) in [6, 6.07) is 18.0. The standard InChI is InChI=1S/C18H22N2O/c19-17-11-5-4-10-16(17)12-13-18(21)20-14-6-9-15-7-2-1-3-8-15/h1-5,7-8,10-11H,6,9,12-14,19H2,(H,20,21). The Kier molecular flexibility index (Phi) is 5.83. The van der Waals surface area contributed by atoms with Crippen LogP contribution in [0.3, 0.4) is 0 Å². The second-order valence-electron chi connectivity index (χ2n) is 5.14. The van der Waals surface area contributed by atoms with E-state index in [9.17, 15) is 4.79 Å². The molecule has 0 saturated carbocycles. The molecule has 0 aliphatic heterocycles. The highest BCUT2D eigenvalue weighted by Crippen LogP contribution is 2.12. The number of nitrogens with one attached hydrogen (secondary N) is 1. The Labute approximate surface area is 126 Å². The number of amides is 1. The van der Waals surface area contributed by atoms with Crippen LogP contribution in [0.15, 0.2) is 54.6 Å². The molecule has 2 rings (SSSR count). The predicted molar refractivity (Wildman–Crippen MR) is 86.9 cm³/mol.